The Morgan fingerprint density at radius 2 is 1.44 bits per heavy atom. The molecule has 0 saturated carbocycles. The van der Waals surface area contributed by atoms with Crippen LogP contribution in [-0.4, -0.2) is 38.1 Å². The lowest BCUT2D eigenvalue weighted by Gasteiger charge is -2.17. The molecule has 2 aromatic rings. The molecule has 0 unspecified atom stereocenters. The number of amides is 2. The number of likely N-dealkylation sites (N-methyl/N-ethyl adjacent to an activating group) is 1. The highest BCUT2D eigenvalue weighted by Crippen LogP contribution is 2.15. The van der Waals surface area contributed by atoms with Crippen molar-refractivity contribution in [3.05, 3.63) is 54.6 Å². The third kappa shape index (κ3) is 5.13. The van der Waals surface area contributed by atoms with Gasteiger partial charge in [-0.1, -0.05) is 18.2 Å². The predicted molar refractivity (Wildman–Crippen MR) is 95.6 cm³/mol. The molecule has 0 aliphatic carbocycles. The predicted octanol–water partition coefficient (Wildman–Crippen LogP) is 1.90. The first-order valence-corrected chi connectivity index (χ1v) is 8.92. The molecule has 2 N–H and O–H groups in total. The van der Waals surface area contributed by atoms with Gasteiger partial charge < -0.3 is 10.6 Å². The summed E-state index contributed by atoms with van der Waals surface area (Å²) < 4.78 is 25.7. The van der Waals surface area contributed by atoms with E-state index in [9.17, 15) is 18.0 Å². The average Bonchev–Trinajstić information content (AvgIpc) is 2.57. The zero-order valence-electron chi connectivity index (χ0n) is 13.9. The minimum Gasteiger partial charge on any atom is -0.326 e. The van der Waals surface area contributed by atoms with Crippen LogP contribution in [-0.2, 0) is 19.6 Å². The number of rotatable bonds is 6. The summed E-state index contributed by atoms with van der Waals surface area (Å²) in [6, 6.07) is 14.4. The van der Waals surface area contributed by atoms with E-state index in [4.69, 9.17) is 0 Å². The highest BCUT2D eigenvalue weighted by molar-refractivity contribution is 7.89. The standard InChI is InChI=1S/C17H19N3O4S/c1-13(21)18-14-8-10-15(11-9-14)19-17(22)12-20(2)25(23,24)16-6-4-3-5-7-16/h3-11H,12H2,1-2H3,(H,18,21)(H,19,22). The largest absolute Gasteiger partial charge is 0.326 e. The molecule has 0 heterocycles. The maximum Gasteiger partial charge on any atom is 0.243 e. The fourth-order valence-electron chi connectivity index (χ4n) is 2.10. The molecule has 25 heavy (non-hydrogen) atoms. The van der Waals surface area contributed by atoms with Gasteiger partial charge in [0.2, 0.25) is 21.8 Å². The Labute approximate surface area is 146 Å². The highest BCUT2D eigenvalue weighted by Gasteiger charge is 2.22. The van der Waals surface area contributed by atoms with Gasteiger partial charge in [0, 0.05) is 25.3 Å². The molecule has 7 nitrogen and oxygen atoms in total. The lowest BCUT2D eigenvalue weighted by atomic mass is 10.2. The van der Waals surface area contributed by atoms with Gasteiger partial charge in [-0.25, -0.2) is 8.42 Å². The first-order chi connectivity index (χ1) is 11.8. The van der Waals surface area contributed by atoms with Crippen LogP contribution in [0.3, 0.4) is 0 Å². The Morgan fingerprint density at radius 1 is 0.920 bits per heavy atom. The minimum absolute atomic E-state index is 0.130. The summed E-state index contributed by atoms with van der Waals surface area (Å²) in [7, 11) is -2.37. The molecule has 0 saturated heterocycles. The quantitative estimate of drug-likeness (QED) is 0.821. The number of carbonyl (C=O) groups excluding carboxylic acids is 2. The lowest BCUT2D eigenvalue weighted by molar-refractivity contribution is -0.116. The summed E-state index contributed by atoms with van der Waals surface area (Å²) in [5.74, 6) is -0.654. The number of benzene rings is 2. The third-order valence-electron chi connectivity index (χ3n) is 3.31. The van der Waals surface area contributed by atoms with Gasteiger partial charge in [0.15, 0.2) is 0 Å². The average molecular weight is 361 g/mol. The van der Waals surface area contributed by atoms with Crippen LogP contribution in [0.1, 0.15) is 6.92 Å². The number of sulfonamides is 1. The number of anilines is 2. The summed E-state index contributed by atoms with van der Waals surface area (Å²) in [6.07, 6.45) is 0. The molecule has 2 amide bonds. The second-order valence-electron chi connectivity index (χ2n) is 5.38. The van der Waals surface area contributed by atoms with Crippen molar-refractivity contribution in [3.8, 4) is 0 Å². The summed E-state index contributed by atoms with van der Waals surface area (Å²) in [6.45, 7) is 1.09. The van der Waals surface area contributed by atoms with Crippen LogP contribution in [0.15, 0.2) is 59.5 Å². The zero-order valence-corrected chi connectivity index (χ0v) is 14.7. The van der Waals surface area contributed by atoms with Gasteiger partial charge in [0.25, 0.3) is 0 Å². The number of carbonyl (C=O) groups is 2. The van der Waals surface area contributed by atoms with Crippen molar-refractivity contribution in [3.63, 3.8) is 0 Å². The van der Waals surface area contributed by atoms with Crippen LogP contribution in [0.5, 0.6) is 0 Å². The normalized spacial score (nSPS) is 11.2. The lowest BCUT2D eigenvalue weighted by Crippen LogP contribution is -2.34. The van der Waals surface area contributed by atoms with Crippen LogP contribution in [0.2, 0.25) is 0 Å². The summed E-state index contributed by atoms with van der Waals surface area (Å²) >= 11 is 0. The monoisotopic (exact) mass is 361 g/mol. The van der Waals surface area contributed by atoms with Crippen molar-refractivity contribution in [2.45, 2.75) is 11.8 Å². The van der Waals surface area contributed by atoms with E-state index in [-0.39, 0.29) is 17.3 Å². The van der Waals surface area contributed by atoms with Gasteiger partial charge in [0.1, 0.15) is 0 Å². The molecule has 0 radical (unpaired) electrons. The Balaban J connectivity index is 1.99. The topological polar surface area (TPSA) is 95.6 Å². The van der Waals surface area contributed by atoms with Crippen molar-refractivity contribution in [1.29, 1.82) is 0 Å². The smallest absolute Gasteiger partial charge is 0.243 e. The number of nitrogens with one attached hydrogen (secondary N) is 2. The van der Waals surface area contributed by atoms with Crippen LogP contribution in [0.4, 0.5) is 11.4 Å². The van der Waals surface area contributed by atoms with Gasteiger partial charge in [-0.2, -0.15) is 4.31 Å². The molecule has 2 rings (SSSR count). The van der Waals surface area contributed by atoms with E-state index >= 15 is 0 Å². The fraction of sp³-hybridized carbons (Fsp3) is 0.176. The Morgan fingerprint density at radius 3 is 1.96 bits per heavy atom. The summed E-state index contributed by atoms with van der Waals surface area (Å²) in [5, 5.41) is 5.24. The molecule has 132 valence electrons. The maximum atomic E-state index is 12.4. The molecule has 0 aliphatic rings. The van der Waals surface area contributed by atoms with Gasteiger partial charge >= 0.3 is 0 Å². The van der Waals surface area contributed by atoms with Crippen LogP contribution >= 0.6 is 0 Å². The summed E-state index contributed by atoms with van der Waals surface area (Å²) in [5.41, 5.74) is 1.11. The Kier molecular flexibility index (Phi) is 5.89. The van der Waals surface area contributed by atoms with Crippen LogP contribution in [0, 0.1) is 0 Å². The Bertz CT molecular complexity index is 849. The number of hydrogen-bond donors (Lipinski definition) is 2. The molecule has 2 aromatic carbocycles. The van der Waals surface area contributed by atoms with Crippen LogP contribution < -0.4 is 10.6 Å². The van der Waals surface area contributed by atoms with Crippen molar-refractivity contribution < 1.29 is 18.0 Å². The van der Waals surface area contributed by atoms with E-state index < -0.39 is 15.9 Å². The molecule has 8 heteroatoms. The molecule has 0 aliphatic heterocycles. The third-order valence-corrected chi connectivity index (χ3v) is 5.12. The van der Waals surface area contributed by atoms with Crippen molar-refractivity contribution >= 4 is 33.2 Å². The number of hydrogen-bond acceptors (Lipinski definition) is 4. The van der Waals surface area contributed by atoms with Crippen molar-refractivity contribution in [2.75, 3.05) is 24.2 Å². The highest BCUT2D eigenvalue weighted by atomic mass is 32.2. The van der Waals surface area contributed by atoms with Gasteiger partial charge in [-0.05, 0) is 36.4 Å². The van der Waals surface area contributed by atoms with E-state index in [0.717, 1.165) is 4.31 Å². The van der Waals surface area contributed by atoms with Gasteiger partial charge in [0.05, 0.1) is 11.4 Å². The molecular formula is C17H19N3O4S. The van der Waals surface area contributed by atoms with Gasteiger partial charge in [-0.15, -0.1) is 0 Å². The Hall–Kier alpha value is -2.71. The van der Waals surface area contributed by atoms with Crippen molar-refractivity contribution in [1.82, 2.24) is 4.31 Å². The molecular weight excluding hydrogens is 342 g/mol. The molecule has 0 bridgehead atoms. The molecule has 0 atom stereocenters. The van der Waals surface area contributed by atoms with Crippen LogP contribution in [0.25, 0.3) is 0 Å². The summed E-state index contributed by atoms with van der Waals surface area (Å²) in [4.78, 5) is 23.2. The molecule has 0 aromatic heterocycles. The van der Waals surface area contributed by atoms with E-state index in [1.807, 2.05) is 0 Å². The first kappa shape index (κ1) is 18.6. The van der Waals surface area contributed by atoms with Gasteiger partial charge in [-0.3, -0.25) is 9.59 Å². The van der Waals surface area contributed by atoms with E-state index in [2.05, 4.69) is 10.6 Å². The SMILES string of the molecule is CC(=O)Nc1ccc(NC(=O)CN(C)S(=O)(=O)c2ccccc2)cc1. The first-order valence-electron chi connectivity index (χ1n) is 7.48. The minimum atomic E-state index is -3.72. The zero-order chi connectivity index (χ0) is 18.4. The molecule has 0 fully saturated rings. The second-order valence-corrected chi connectivity index (χ2v) is 7.43. The second kappa shape index (κ2) is 7.91. The van der Waals surface area contributed by atoms with E-state index in [1.54, 1.807) is 42.5 Å². The van der Waals surface area contributed by atoms with Crippen molar-refractivity contribution in [2.24, 2.45) is 0 Å². The maximum absolute atomic E-state index is 12.4. The van der Waals surface area contributed by atoms with E-state index in [1.165, 1.54) is 26.1 Å². The number of nitrogens with zero attached hydrogens (tertiary/aromatic N) is 1. The fourth-order valence-corrected chi connectivity index (χ4v) is 3.25. The van der Waals surface area contributed by atoms with E-state index in [0.29, 0.717) is 11.4 Å². The molecule has 0 spiro atoms.